The maximum atomic E-state index is 13.3. The van der Waals surface area contributed by atoms with E-state index in [9.17, 15) is 83.7 Å². The molecule has 0 aliphatic carbocycles. The summed E-state index contributed by atoms with van der Waals surface area (Å²) < 4.78 is 205. The summed E-state index contributed by atoms with van der Waals surface area (Å²) in [5, 5.41) is 55.9. The average Bonchev–Trinajstić information content (AvgIpc) is 3.56. The number of fused-ring (bicyclic) bond motifs is 2. The first-order valence-corrected chi connectivity index (χ1v) is 30.5. The van der Waals surface area contributed by atoms with Crippen LogP contribution in [0.15, 0.2) is 204 Å². The van der Waals surface area contributed by atoms with Gasteiger partial charge in [0, 0.05) is 22.1 Å². The van der Waals surface area contributed by atoms with E-state index in [4.69, 9.17) is 9.11 Å². The summed E-state index contributed by atoms with van der Waals surface area (Å²) in [5.74, 6) is -1.91. The molecular formula is C45H32N10O21S6. The first-order chi connectivity index (χ1) is 38.1. The molecule has 82 heavy (non-hydrogen) atoms. The molecule has 0 aromatic heterocycles. The molecule has 0 spiro atoms. The van der Waals surface area contributed by atoms with Crippen molar-refractivity contribution >= 4 is 145 Å². The number of aromatic hydroxyl groups is 2. The van der Waals surface area contributed by atoms with Crippen LogP contribution in [-0.4, -0.2) is 94.1 Å². The Morgan fingerprint density at radius 2 is 0.671 bits per heavy atom. The topological polar surface area (TPSA) is 507 Å². The van der Waals surface area contributed by atoms with E-state index in [-0.39, 0.29) is 55.7 Å². The van der Waals surface area contributed by atoms with Crippen LogP contribution in [0.25, 0.3) is 21.5 Å². The molecule has 0 saturated carbocycles. The van der Waals surface area contributed by atoms with Gasteiger partial charge in [0.05, 0.1) is 32.5 Å². The van der Waals surface area contributed by atoms with Gasteiger partial charge in [0.2, 0.25) is 0 Å². The van der Waals surface area contributed by atoms with Crippen molar-refractivity contribution in [3.05, 3.63) is 133 Å². The third-order valence-corrected chi connectivity index (χ3v) is 16.3. The molecule has 0 radical (unpaired) electrons. The molecule has 0 fully saturated rings. The van der Waals surface area contributed by atoms with Gasteiger partial charge in [-0.1, -0.05) is 12.1 Å². The number of hydrogen-bond donors (Lipinski definition) is 10. The number of amides is 2. The van der Waals surface area contributed by atoms with Gasteiger partial charge in [-0.2, -0.15) is 71.0 Å². The molecule has 8 aromatic carbocycles. The maximum Gasteiger partial charge on any atom is 0.323 e. The molecule has 424 valence electrons. The highest BCUT2D eigenvalue weighted by molar-refractivity contribution is 7.87. The molecular weight excluding hydrogens is 1210 g/mol. The molecule has 8 aromatic rings. The SMILES string of the molecule is O=C(Nc1ccc2c(S(=O)(=O)O)c(N=Nc3ccc(N=Nc4ccc(S(=O)(=O)O)cc4)cc3S(=O)(=O)O)c(O)cc2c1)Nc1ccc2c(S(=O)(=O)O)c(N=Nc3ccc(N=Nc4ccc(S(=O)(=O)O)cc4)cc3S(=O)(=O)O)c(O)cc2c1. The molecule has 0 aliphatic heterocycles. The summed E-state index contributed by atoms with van der Waals surface area (Å²) in [5.41, 5.74) is -3.53. The predicted octanol–water partition coefficient (Wildman–Crippen LogP) is 10.2. The quantitative estimate of drug-likeness (QED) is 0.0317. The molecule has 0 atom stereocenters. The van der Waals surface area contributed by atoms with Crippen molar-refractivity contribution < 1.29 is 92.8 Å². The molecule has 31 nitrogen and oxygen atoms in total. The first kappa shape index (κ1) is 59.1. The number of nitrogens with zero attached hydrogens (tertiary/aromatic N) is 8. The van der Waals surface area contributed by atoms with E-state index in [0.717, 1.165) is 133 Å². The Balaban J connectivity index is 1.02. The van der Waals surface area contributed by atoms with Crippen LogP contribution in [0.5, 0.6) is 11.5 Å². The van der Waals surface area contributed by atoms with Crippen molar-refractivity contribution in [2.75, 3.05) is 10.6 Å². The lowest BCUT2D eigenvalue weighted by atomic mass is 10.1. The van der Waals surface area contributed by atoms with Crippen molar-refractivity contribution in [3.63, 3.8) is 0 Å². The number of rotatable bonds is 16. The van der Waals surface area contributed by atoms with Gasteiger partial charge in [0.25, 0.3) is 60.7 Å². The summed E-state index contributed by atoms with van der Waals surface area (Å²) in [6, 6.07) is 22.0. The molecule has 2 amide bonds. The van der Waals surface area contributed by atoms with Crippen molar-refractivity contribution in [2.24, 2.45) is 40.9 Å². The van der Waals surface area contributed by atoms with Crippen molar-refractivity contribution in [1.82, 2.24) is 0 Å². The van der Waals surface area contributed by atoms with Crippen LogP contribution in [0.1, 0.15) is 0 Å². The summed E-state index contributed by atoms with van der Waals surface area (Å²) in [4.78, 5) is 8.42. The van der Waals surface area contributed by atoms with Crippen LogP contribution >= 0.6 is 0 Å². The molecule has 37 heteroatoms. The normalized spacial score (nSPS) is 13.0. The number of carbonyl (C=O) groups is 1. The van der Waals surface area contributed by atoms with Crippen LogP contribution in [-0.2, 0) is 60.7 Å². The highest BCUT2D eigenvalue weighted by Gasteiger charge is 2.27. The minimum Gasteiger partial charge on any atom is -0.506 e. The van der Waals surface area contributed by atoms with Gasteiger partial charge in [-0.15, -0.1) is 20.5 Å². The van der Waals surface area contributed by atoms with E-state index in [2.05, 4.69) is 51.5 Å². The summed E-state index contributed by atoms with van der Waals surface area (Å²) in [7, 11) is -29.9. The van der Waals surface area contributed by atoms with Crippen LogP contribution < -0.4 is 10.6 Å². The van der Waals surface area contributed by atoms with Gasteiger partial charge in [0.1, 0.15) is 53.8 Å². The molecule has 0 saturated heterocycles. The Morgan fingerprint density at radius 3 is 0.988 bits per heavy atom. The van der Waals surface area contributed by atoms with E-state index in [0.29, 0.717) is 0 Å². The zero-order valence-corrected chi connectivity index (χ0v) is 45.0. The molecule has 10 N–H and O–H groups in total. The summed E-state index contributed by atoms with van der Waals surface area (Å²) >= 11 is 0. The summed E-state index contributed by atoms with van der Waals surface area (Å²) in [6.07, 6.45) is 0. The molecule has 8 rings (SSSR count). The highest BCUT2D eigenvalue weighted by Crippen LogP contribution is 2.44. The van der Waals surface area contributed by atoms with Crippen LogP contribution in [0.4, 0.5) is 61.7 Å². The molecule has 0 unspecified atom stereocenters. The standard InChI is InChI=1S/C45H32N10O21S6/c56-37-19-23-17-27(5-13-33(23)43(81(71,72)73)41(37)54-52-35-15-7-29(21-39(35)79(65,66)67)50-48-25-1-9-31(10-2-25)77(59,60)61)46-45(58)47-28-6-14-34-24(18-28)20-38(57)42(44(34)82(74,75)76)55-53-36-16-8-30(22-40(36)80(68,69)70)51-49-26-3-11-32(12-4-26)78(62,63)64/h1-22,56-57H,(H2,46,47,58)(H,59,60,61)(H,62,63,64)(H,65,66,67)(H,68,69,70)(H,71,72,73)(H,74,75,76). The highest BCUT2D eigenvalue weighted by atomic mass is 32.2. The number of anilines is 2. The zero-order valence-electron chi connectivity index (χ0n) is 40.1. The minimum atomic E-state index is -5.32. The minimum absolute atomic E-state index is 0.0538. The van der Waals surface area contributed by atoms with Crippen LogP contribution in [0.3, 0.4) is 0 Å². The van der Waals surface area contributed by atoms with E-state index in [1.165, 1.54) is 0 Å². The van der Waals surface area contributed by atoms with Crippen molar-refractivity contribution in [2.45, 2.75) is 29.4 Å². The molecule has 0 bridgehead atoms. The lowest BCUT2D eigenvalue weighted by Gasteiger charge is -2.13. The van der Waals surface area contributed by atoms with E-state index in [1.807, 2.05) is 0 Å². The number of nitrogens with one attached hydrogen (secondary N) is 2. The first-order valence-electron chi connectivity index (χ1n) is 21.8. The Hall–Kier alpha value is -8.99. The van der Waals surface area contributed by atoms with E-state index in [1.54, 1.807) is 0 Å². The Labute approximate surface area is 461 Å². The fourth-order valence-corrected chi connectivity index (χ4v) is 11.3. The Bertz CT molecular complexity index is 4530. The Kier molecular flexibility index (Phi) is 16.0. The number of benzene rings is 8. The van der Waals surface area contributed by atoms with Gasteiger partial charge >= 0.3 is 6.03 Å². The van der Waals surface area contributed by atoms with Gasteiger partial charge in [-0.05, 0) is 132 Å². The number of carbonyl (C=O) groups excluding carboxylic acids is 1. The monoisotopic (exact) mass is 1240 g/mol. The van der Waals surface area contributed by atoms with Crippen molar-refractivity contribution in [3.8, 4) is 11.5 Å². The van der Waals surface area contributed by atoms with Gasteiger partial charge in [-0.25, -0.2) is 4.79 Å². The zero-order chi connectivity index (χ0) is 59.9. The van der Waals surface area contributed by atoms with Gasteiger partial charge in [0.15, 0.2) is 0 Å². The smallest absolute Gasteiger partial charge is 0.323 e. The second-order valence-electron chi connectivity index (χ2n) is 16.5. The molecule has 0 heterocycles. The third kappa shape index (κ3) is 13.8. The fourth-order valence-electron chi connectivity index (χ4n) is 7.38. The van der Waals surface area contributed by atoms with E-state index < -0.39 is 130 Å². The second kappa shape index (κ2) is 22.2. The second-order valence-corrected chi connectivity index (χ2v) is 24.9. The van der Waals surface area contributed by atoms with Crippen LogP contribution in [0, 0.1) is 0 Å². The van der Waals surface area contributed by atoms with Crippen molar-refractivity contribution in [1.29, 1.82) is 0 Å². The number of urea groups is 1. The maximum absolute atomic E-state index is 13.3. The third-order valence-electron chi connectivity index (χ3n) is 10.9. The predicted molar refractivity (Wildman–Crippen MR) is 285 cm³/mol. The number of phenolic OH excluding ortho intramolecular Hbond substituents is 2. The summed E-state index contributed by atoms with van der Waals surface area (Å²) in [6.45, 7) is 0. The fraction of sp³-hybridized carbons (Fsp3) is 0. The Morgan fingerprint density at radius 1 is 0.341 bits per heavy atom. The average molecular weight is 1240 g/mol. The van der Waals surface area contributed by atoms with E-state index >= 15 is 0 Å². The largest absolute Gasteiger partial charge is 0.506 e. The number of azo groups is 4. The van der Waals surface area contributed by atoms with Gasteiger partial charge in [-0.3, -0.25) is 27.3 Å². The lowest BCUT2D eigenvalue weighted by molar-refractivity contribution is 0.262. The molecule has 0 aliphatic rings. The van der Waals surface area contributed by atoms with Gasteiger partial charge < -0.3 is 20.8 Å². The van der Waals surface area contributed by atoms with Crippen LogP contribution in [0.2, 0.25) is 0 Å². The number of hydrogen-bond acceptors (Lipinski definition) is 23. The lowest BCUT2D eigenvalue weighted by Crippen LogP contribution is -2.19. The number of phenols is 2.